The van der Waals surface area contributed by atoms with Crippen LogP contribution in [0.5, 0.6) is 0 Å². The monoisotopic (exact) mass is 329 g/mol. The van der Waals surface area contributed by atoms with E-state index in [1.54, 1.807) is 0 Å². The summed E-state index contributed by atoms with van der Waals surface area (Å²) in [4.78, 5) is 9.51. The Morgan fingerprint density at radius 2 is 2.04 bits per heavy atom. The highest BCUT2D eigenvalue weighted by Crippen LogP contribution is 2.26. The topological polar surface area (TPSA) is 68.3 Å². The van der Waals surface area contributed by atoms with Crippen molar-refractivity contribution in [3.63, 3.8) is 0 Å². The van der Waals surface area contributed by atoms with Gasteiger partial charge in [-0.3, -0.25) is 10.00 Å². The van der Waals surface area contributed by atoms with Gasteiger partial charge in [-0.05, 0) is 25.3 Å². The summed E-state index contributed by atoms with van der Waals surface area (Å²) in [5, 5.41) is 16.5. The zero-order chi connectivity index (χ0) is 16.8. The van der Waals surface area contributed by atoms with Crippen molar-refractivity contribution in [3.05, 3.63) is 47.5 Å². The van der Waals surface area contributed by atoms with Crippen LogP contribution in [-0.2, 0) is 6.54 Å². The summed E-state index contributed by atoms with van der Waals surface area (Å²) in [6.07, 6.45) is 1.85. The average molecular weight is 329 g/mol. The van der Waals surface area contributed by atoms with Crippen molar-refractivity contribution in [1.29, 1.82) is 0 Å². The summed E-state index contributed by atoms with van der Waals surface area (Å²) in [6.45, 7) is 7.09. The van der Waals surface area contributed by atoms with Gasteiger partial charge < -0.3 is 10.0 Å². The van der Waals surface area contributed by atoms with Crippen LogP contribution in [0.4, 0.5) is 0 Å². The minimum atomic E-state index is 0.231. The Bertz CT molecular complexity index is 615. The number of nitrogens with one attached hydrogen (secondary N) is 1. The molecular weight excluding hydrogens is 302 g/mol. The normalized spacial score (nSPS) is 20.2. The van der Waals surface area contributed by atoms with Gasteiger partial charge in [-0.1, -0.05) is 30.3 Å². The summed E-state index contributed by atoms with van der Waals surface area (Å²) in [6, 6.07) is 10.8. The lowest BCUT2D eigenvalue weighted by molar-refractivity contribution is 0.186. The van der Waals surface area contributed by atoms with E-state index in [0.717, 1.165) is 57.2 Å². The van der Waals surface area contributed by atoms with Crippen LogP contribution in [-0.4, -0.2) is 62.9 Å². The van der Waals surface area contributed by atoms with Crippen LogP contribution in [0.15, 0.2) is 30.3 Å². The van der Waals surface area contributed by atoms with Crippen molar-refractivity contribution in [3.8, 4) is 0 Å². The van der Waals surface area contributed by atoms with E-state index in [-0.39, 0.29) is 12.6 Å². The van der Waals surface area contributed by atoms with Gasteiger partial charge in [-0.15, -0.1) is 0 Å². The first-order chi connectivity index (χ1) is 11.8. The quantitative estimate of drug-likeness (QED) is 0.845. The van der Waals surface area contributed by atoms with Crippen LogP contribution in [0.25, 0.3) is 0 Å². The average Bonchev–Trinajstić information content (AvgIpc) is 2.93. The van der Waals surface area contributed by atoms with Crippen LogP contribution in [0.1, 0.15) is 36.1 Å². The number of aromatic amines is 1. The molecule has 3 rings (SSSR count). The number of hydrogen-bond acceptors (Lipinski definition) is 5. The Morgan fingerprint density at radius 3 is 2.75 bits per heavy atom. The largest absolute Gasteiger partial charge is 0.396 e. The number of benzene rings is 1. The highest BCUT2D eigenvalue weighted by Gasteiger charge is 2.28. The minimum Gasteiger partial charge on any atom is -0.396 e. The van der Waals surface area contributed by atoms with Crippen LogP contribution < -0.4 is 0 Å². The Labute approximate surface area is 143 Å². The molecule has 1 unspecified atom stereocenters. The van der Waals surface area contributed by atoms with Crippen molar-refractivity contribution in [2.24, 2.45) is 0 Å². The number of aromatic nitrogens is 3. The van der Waals surface area contributed by atoms with Crippen molar-refractivity contribution < 1.29 is 5.11 Å². The van der Waals surface area contributed by atoms with Crippen LogP contribution in [0, 0.1) is 6.92 Å². The highest BCUT2D eigenvalue weighted by atomic mass is 16.3. The van der Waals surface area contributed by atoms with E-state index in [1.165, 1.54) is 5.56 Å². The number of nitrogens with zero attached hydrogens (tertiary/aromatic N) is 4. The lowest BCUT2D eigenvalue weighted by Gasteiger charge is -2.27. The Morgan fingerprint density at radius 1 is 1.21 bits per heavy atom. The summed E-state index contributed by atoms with van der Waals surface area (Å²) < 4.78 is 0. The Kier molecular flexibility index (Phi) is 5.96. The van der Waals surface area contributed by atoms with Gasteiger partial charge in [0.1, 0.15) is 5.82 Å². The maximum atomic E-state index is 9.09. The molecule has 6 heteroatoms. The molecule has 0 saturated carbocycles. The van der Waals surface area contributed by atoms with Gasteiger partial charge in [0.2, 0.25) is 0 Å². The Hall–Kier alpha value is -1.76. The number of rotatable bonds is 6. The van der Waals surface area contributed by atoms with E-state index in [0.29, 0.717) is 0 Å². The SMILES string of the molecule is Cc1nc(C2CCN(CCCO)CCN2Cc2ccccc2)n[nH]1. The molecule has 0 spiro atoms. The third-order valence-electron chi connectivity index (χ3n) is 4.64. The van der Waals surface area contributed by atoms with Crippen LogP contribution in [0.3, 0.4) is 0 Å². The molecule has 130 valence electrons. The van der Waals surface area contributed by atoms with Gasteiger partial charge >= 0.3 is 0 Å². The second-order valence-corrected chi connectivity index (χ2v) is 6.46. The number of aliphatic hydroxyl groups excluding tert-OH is 1. The maximum Gasteiger partial charge on any atom is 0.167 e. The molecule has 2 N–H and O–H groups in total. The van der Waals surface area contributed by atoms with Gasteiger partial charge in [0.15, 0.2) is 5.82 Å². The number of aliphatic hydroxyl groups is 1. The van der Waals surface area contributed by atoms with E-state index in [9.17, 15) is 0 Å². The molecule has 0 amide bonds. The fourth-order valence-electron chi connectivity index (χ4n) is 3.35. The third kappa shape index (κ3) is 4.41. The van der Waals surface area contributed by atoms with Gasteiger partial charge in [-0.2, -0.15) is 5.10 Å². The first kappa shape index (κ1) is 17.1. The molecule has 1 saturated heterocycles. The molecule has 2 heterocycles. The van der Waals surface area contributed by atoms with E-state index >= 15 is 0 Å². The molecular formula is C18H27N5O. The molecule has 6 nitrogen and oxygen atoms in total. The predicted molar refractivity (Wildman–Crippen MR) is 93.5 cm³/mol. The molecule has 1 aliphatic heterocycles. The molecule has 2 aromatic rings. The van der Waals surface area contributed by atoms with Crippen LogP contribution in [0.2, 0.25) is 0 Å². The molecule has 1 fully saturated rings. The van der Waals surface area contributed by atoms with E-state index < -0.39 is 0 Å². The first-order valence-electron chi connectivity index (χ1n) is 8.76. The summed E-state index contributed by atoms with van der Waals surface area (Å²) in [7, 11) is 0. The second kappa shape index (κ2) is 8.37. The second-order valence-electron chi connectivity index (χ2n) is 6.46. The fourth-order valence-corrected chi connectivity index (χ4v) is 3.35. The molecule has 1 aromatic heterocycles. The van der Waals surface area contributed by atoms with E-state index in [2.05, 4.69) is 55.3 Å². The summed E-state index contributed by atoms with van der Waals surface area (Å²) in [5.41, 5.74) is 1.32. The first-order valence-corrected chi connectivity index (χ1v) is 8.76. The smallest absolute Gasteiger partial charge is 0.167 e. The molecule has 0 aliphatic carbocycles. The standard InChI is InChI=1S/C18H27N5O/c1-15-19-18(21-20-15)17-8-10-22(9-5-13-24)11-12-23(17)14-16-6-3-2-4-7-16/h2-4,6-7,17,24H,5,8-14H2,1H3,(H,19,20,21). The Balaban J connectivity index is 1.75. The van der Waals surface area contributed by atoms with Crippen molar-refractivity contribution in [2.45, 2.75) is 32.4 Å². The minimum absolute atomic E-state index is 0.231. The van der Waals surface area contributed by atoms with Gasteiger partial charge in [0.05, 0.1) is 6.04 Å². The number of H-pyrrole nitrogens is 1. The maximum absolute atomic E-state index is 9.09. The van der Waals surface area contributed by atoms with Crippen molar-refractivity contribution >= 4 is 0 Å². The van der Waals surface area contributed by atoms with Gasteiger partial charge in [0, 0.05) is 39.3 Å². The zero-order valence-corrected chi connectivity index (χ0v) is 14.4. The lowest BCUT2D eigenvalue weighted by Crippen LogP contribution is -2.32. The lowest BCUT2D eigenvalue weighted by atomic mass is 10.1. The van der Waals surface area contributed by atoms with E-state index in [4.69, 9.17) is 5.11 Å². The highest BCUT2D eigenvalue weighted by molar-refractivity contribution is 5.15. The number of aryl methyl sites for hydroxylation is 1. The predicted octanol–water partition coefficient (Wildman–Crippen LogP) is 1.74. The molecule has 0 radical (unpaired) electrons. The number of hydrogen-bond donors (Lipinski definition) is 2. The molecule has 1 atom stereocenters. The zero-order valence-electron chi connectivity index (χ0n) is 14.4. The van der Waals surface area contributed by atoms with Gasteiger partial charge in [-0.25, -0.2) is 4.98 Å². The summed E-state index contributed by atoms with van der Waals surface area (Å²) in [5.74, 6) is 1.76. The van der Waals surface area contributed by atoms with Crippen molar-refractivity contribution in [1.82, 2.24) is 25.0 Å². The van der Waals surface area contributed by atoms with Gasteiger partial charge in [0.25, 0.3) is 0 Å². The fraction of sp³-hybridized carbons (Fsp3) is 0.556. The summed E-state index contributed by atoms with van der Waals surface area (Å²) >= 11 is 0. The van der Waals surface area contributed by atoms with E-state index in [1.807, 2.05) is 6.92 Å². The van der Waals surface area contributed by atoms with Crippen LogP contribution >= 0.6 is 0 Å². The third-order valence-corrected chi connectivity index (χ3v) is 4.64. The molecule has 0 bridgehead atoms. The van der Waals surface area contributed by atoms with Crippen molar-refractivity contribution in [2.75, 3.05) is 32.8 Å². The molecule has 1 aliphatic rings. The molecule has 24 heavy (non-hydrogen) atoms. The molecule has 1 aromatic carbocycles.